The molecular formula is C15H22N2OS2. The number of hydrogen-bond donors (Lipinski definition) is 1. The minimum atomic E-state index is 0.221. The van der Waals surface area contributed by atoms with Crippen molar-refractivity contribution in [1.82, 2.24) is 10.2 Å². The summed E-state index contributed by atoms with van der Waals surface area (Å²) in [6, 6.07) is 8.76. The molecule has 20 heavy (non-hydrogen) atoms. The minimum Gasteiger partial charge on any atom is -0.341 e. The van der Waals surface area contributed by atoms with Gasteiger partial charge < -0.3 is 10.2 Å². The lowest BCUT2D eigenvalue weighted by Gasteiger charge is -2.25. The largest absolute Gasteiger partial charge is 0.341 e. The van der Waals surface area contributed by atoms with Crippen LogP contribution in [0.1, 0.15) is 12.0 Å². The Morgan fingerprint density at radius 1 is 1.45 bits per heavy atom. The molecule has 1 saturated heterocycles. The summed E-state index contributed by atoms with van der Waals surface area (Å²) in [6.07, 6.45) is 2.67. The van der Waals surface area contributed by atoms with Crippen molar-refractivity contribution >= 4 is 29.4 Å². The van der Waals surface area contributed by atoms with Gasteiger partial charge >= 0.3 is 0 Å². The van der Waals surface area contributed by atoms with E-state index >= 15 is 0 Å². The lowest BCUT2D eigenvalue weighted by Crippen LogP contribution is -2.41. The van der Waals surface area contributed by atoms with Crippen LogP contribution in [0.25, 0.3) is 0 Å². The van der Waals surface area contributed by atoms with E-state index in [0.717, 1.165) is 18.1 Å². The molecule has 110 valence electrons. The van der Waals surface area contributed by atoms with Crippen LogP contribution in [0.2, 0.25) is 0 Å². The van der Waals surface area contributed by atoms with Crippen molar-refractivity contribution in [1.29, 1.82) is 0 Å². The summed E-state index contributed by atoms with van der Waals surface area (Å²) in [7, 11) is 1.89. The molecule has 3 nitrogen and oxygen atoms in total. The molecule has 1 heterocycles. The predicted molar refractivity (Wildman–Crippen MR) is 88.4 cm³/mol. The maximum atomic E-state index is 12.2. The zero-order chi connectivity index (χ0) is 14.4. The molecule has 1 fully saturated rings. The van der Waals surface area contributed by atoms with E-state index in [2.05, 4.69) is 35.8 Å². The van der Waals surface area contributed by atoms with Crippen LogP contribution in [0, 0.1) is 0 Å². The van der Waals surface area contributed by atoms with Gasteiger partial charge in [-0.25, -0.2) is 0 Å². The normalized spacial score (nSPS) is 18.8. The van der Waals surface area contributed by atoms with Gasteiger partial charge in [0.1, 0.15) is 0 Å². The van der Waals surface area contributed by atoms with Gasteiger partial charge in [-0.3, -0.25) is 4.79 Å². The molecule has 0 radical (unpaired) electrons. The lowest BCUT2D eigenvalue weighted by atomic mass is 10.2. The third-order valence-electron chi connectivity index (χ3n) is 3.42. The third-order valence-corrected chi connectivity index (χ3v) is 5.30. The van der Waals surface area contributed by atoms with Crippen molar-refractivity contribution < 1.29 is 4.79 Å². The molecule has 0 aromatic heterocycles. The fourth-order valence-corrected chi connectivity index (χ4v) is 3.57. The summed E-state index contributed by atoms with van der Waals surface area (Å²) in [5.74, 6) is 2.42. The van der Waals surface area contributed by atoms with Crippen LogP contribution < -0.4 is 5.32 Å². The van der Waals surface area contributed by atoms with E-state index in [1.54, 1.807) is 11.8 Å². The smallest absolute Gasteiger partial charge is 0.224 e. The number of nitrogens with one attached hydrogen (secondary N) is 1. The fourth-order valence-electron chi connectivity index (χ4n) is 2.21. The summed E-state index contributed by atoms with van der Waals surface area (Å²) in [6.45, 7) is 1.70. The highest BCUT2D eigenvalue weighted by Crippen LogP contribution is 2.16. The molecule has 0 saturated carbocycles. The molecule has 2 rings (SSSR count). The SMILES string of the molecule is CSc1ccc(CN(C)C(=O)CC2CSCCN2)cc1. The van der Waals surface area contributed by atoms with Crippen molar-refractivity contribution in [3.63, 3.8) is 0 Å². The highest BCUT2D eigenvalue weighted by Gasteiger charge is 2.19. The molecule has 0 spiro atoms. The van der Waals surface area contributed by atoms with Crippen LogP contribution in [-0.2, 0) is 11.3 Å². The maximum absolute atomic E-state index is 12.2. The Morgan fingerprint density at radius 3 is 2.80 bits per heavy atom. The number of rotatable bonds is 5. The van der Waals surface area contributed by atoms with Gasteiger partial charge in [0.15, 0.2) is 0 Å². The molecule has 1 unspecified atom stereocenters. The van der Waals surface area contributed by atoms with Crippen LogP contribution in [0.15, 0.2) is 29.2 Å². The van der Waals surface area contributed by atoms with E-state index in [1.165, 1.54) is 10.5 Å². The number of amides is 1. The number of thioether (sulfide) groups is 2. The minimum absolute atomic E-state index is 0.221. The van der Waals surface area contributed by atoms with Gasteiger partial charge in [0.05, 0.1) is 0 Å². The Labute approximate surface area is 129 Å². The van der Waals surface area contributed by atoms with E-state index in [1.807, 2.05) is 23.7 Å². The Kier molecular flexibility index (Phi) is 6.26. The summed E-state index contributed by atoms with van der Waals surface area (Å²) >= 11 is 3.66. The molecule has 1 atom stereocenters. The Hall–Kier alpha value is -0.650. The molecule has 5 heteroatoms. The number of hydrogen-bond acceptors (Lipinski definition) is 4. The van der Waals surface area contributed by atoms with Gasteiger partial charge in [-0.1, -0.05) is 12.1 Å². The van der Waals surface area contributed by atoms with E-state index in [4.69, 9.17) is 0 Å². The second-order valence-electron chi connectivity index (χ2n) is 5.03. The summed E-state index contributed by atoms with van der Waals surface area (Å²) in [5, 5.41) is 3.41. The molecule has 0 aliphatic carbocycles. The average Bonchev–Trinajstić information content (AvgIpc) is 2.49. The fraction of sp³-hybridized carbons (Fsp3) is 0.533. The van der Waals surface area contributed by atoms with Crippen LogP contribution in [-0.4, -0.2) is 48.2 Å². The highest BCUT2D eigenvalue weighted by atomic mass is 32.2. The van der Waals surface area contributed by atoms with Crippen LogP contribution >= 0.6 is 23.5 Å². The molecule has 1 aliphatic heterocycles. The van der Waals surface area contributed by atoms with Crippen molar-refractivity contribution in [3.05, 3.63) is 29.8 Å². The zero-order valence-corrected chi connectivity index (χ0v) is 13.7. The second kappa shape index (κ2) is 7.96. The predicted octanol–water partition coefficient (Wildman–Crippen LogP) is 2.46. The van der Waals surface area contributed by atoms with Crippen molar-refractivity contribution in [2.45, 2.75) is 23.9 Å². The average molecular weight is 310 g/mol. The number of carbonyl (C=O) groups excluding carboxylic acids is 1. The van der Waals surface area contributed by atoms with E-state index in [-0.39, 0.29) is 5.91 Å². The first-order valence-corrected chi connectivity index (χ1v) is 9.25. The van der Waals surface area contributed by atoms with Gasteiger partial charge in [-0.15, -0.1) is 11.8 Å². The summed E-state index contributed by atoms with van der Waals surface area (Å²) < 4.78 is 0. The van der Waals surface area contributed by atoms with Gasteiger partial charge in [0.2, 0.25) is 5.91 Å². The topological polar surface area (TPSA) is 32.3 Å². The van der Waals surface area contributed by atoms with E-state index in [9.17, 15) is 4.79 Å². The lowest BCUT2D eigenvalue weighted by molar-refractivity contribution is -0.130. The standard InChI is InChI=1S/C15H22N2OS2/c1-17(10-12-3-5-14(19-2)6-4-12)15(18)9-13-11-20-8-7-16-13/h3-6,13,16H,7-11H2,1-2H3. The Bertz CT molecular complexity index is 430. The Balaban J connectivity index is 1.83. The van der Waals surface area contributed by atoms with E-state index < -0.39 is 0 Å². The number of carbonyl (C=O) groups is 1. The molecule has 1 aromatic carbocycles. The van der Waals surface area contributed by atoms with Gasteiger partial charge in [-0.2, -0.15) is 11.8 Å². The van der Waals surface area contributed by atoms with Gasteiger partial charge in [0.25, 0.3) is 0 Å². The Morgan fingerprint density at radius 2 is 2.20 bits per heavy atom. The van der Waals surface area contributed by atoms with Gasteiger partial charge in [0, 0.05) is 49.0 Å². The number of benzene rings is 1. The van der Waals surface area contributed by atoms with Gasteiger partial charge in [-0.05, 0) is 24.0 Å². The van der Waals surface area contributed by atoms with E-state index in [0.29, 0.717) is 19.0 Å². The third kappa shape index (κ3) is 4.72. The maximum Gasteiger partial charge on any atom is 0.224 e. The summed E-state index contributed by atoms with van der Waals surface area (Å²) in [5.41, 5.74) is 1.18. The van der Waals surface area contributed by atoms with Crippen LogP contribution in [0.4, 0.5) is 0 Å². The molecular weight excluding hydrogens is 288 g/mol. The number of nitrogens with zero attached hydrogens (tertiary/aromatic N) is 1. The molecule has 0 bridgehead atoms. The first-order valence-electron chi connectivity index (χ1n) is 6.87. The van der Waals surface area contributed by atoms with Crippen LogP contribution in [0.3, 0.4) is 0 Å². The molecule has 1 aromatic rings. The van der Waals surface area contributed by atoms with Crippen molar-refractivity contribution in [2.75, 3.05) is 31.4 Å². The van der Waals surface area contributed by atoms with Crippen LogP contribution in [0.5, 0.6) is 0 Å². The first kappa shape index (κ1) is 15.7. The van der Waals surface area contributed by atoms with Crippen molar-refractivity contribution in [3.8, 4) is 0 Å². The summed E-state index contributed by atoms with van der Waals surface area (Å²) in [4.78, 5) is 15.3. The highest BCUT2D eigenvalue weighted by molar-refractivity contribution is 7.99. The monoisotopic (exact) mass is 310 g/mol. The molecule has 1 N–H and O–H groups in total. The van der Waals surface area contributed by atoms with Crippen molar-refractivity contribution in [2.24, 2.45) is 0 Å². The second-order valence-corrected chi connectivity index (χ2v) is 7.06. The molecule has 1 aliphatic rings. The quantitative estimate of drug-likeness (QED) is 0.847. The molecule has 1 amide bonds. The zero-order valence-electron chi connectivity index (χ0n) is 12.1. The first-order chi connectivity index (χ1) is 9.69.